The maximum atomic E-state index is 3.48. The molecule has 1 atom stereocenters. The largest absolute Gasteiger partial charge is 0.317 e. The van der Waals surface area contributed by atoms with Crippen molar-refractivity contribution in [2.45, 2.75) is 84.6 Å². The van der Waals surface area contributed by atoms with Gasteiger partial charge in [-0.25, -0.2) is 0 Å². The van der Waals surface area contributed by atoms with Crippen LogP contribution in [-0.4, -0.2) is 37.1 Å². The number of nitrogens with one attached hydrogen (secondary N) is 1. The number of unbranched alkanes of at least 4 members (excludes halogenated alkanes) is 4. The molecule has 0 aromatic heterocycles. The lowest BCUT2D eigenvalue weighted by molar-refractivity contribution is 0.152. The maximum absolute atomic E-state index is 3.48. The molecule has 20 heavy (non-hydrogen) atoms. The van der Waals surface area contributed by atoms with E-state index in [1.807, 2.05) is 0 Å². The monoisotopic (exact) mass is 282 g/mol. The highest BCUT2D eigenvalue weighted by molar-refractivity contribution is 4.75. The van der Waals surface area contributed by atoms with Crippen molar-refractivity contribution in [3.8, 4) is 0 Å². The first-order chi connectivity index (χ1) is 9.77. The van der Waals surface area contributed by atoms with Crippen molar-refractivity contribution in [1.29, 1.82) is 0 Å². The van der Waals surface area contributed by atoms with E-state index in [9.17, 15) is 0 Å². The van der Waals surface area contributed by atoms with Gasteiger partial charge in [-0.15, -0.1) is 0 Å². The Morgan fingerprint density at radius 3 is 2.35 bits per heavy atom. The standard InChI is InChI=1S/C18H38N2/c1-4-6-7-8-9-10-17(3)20(15-5-2)16-18-11-13-19-14-12-18/h17-19H,4-16H2,1-3H3. The molecule has 0 radical (unpaired) electrons. The third-order valence-corrected chi connectivity index (χ3v) is 4.81. The smallest absolute Gasteiger partial charge is 0.00670 e. The summed E-state index contributed by atoms with van der Waals surface area (Å²) in [5.41, 5.74) is 0. The lowest BCUT2D eigenvalue weighted by atomic mass is 9.96. The van der Waals surface area contributed by atoms with Crippen LogP contribution in [-0.2, 0) is 0 Å². The van der Waals surface area contributed by atoms with Gasteiger partial charge in [0.25, 0.3) is 0 Å². The van der Waals surface area contributed by atoms with Crippen LogP contribution in [0, 0.1) is 5.92 Å². The minimum Gasteiger partial charge on any atom is -0.317 e. The van der Waals surface area contributed by atoms with Gasteiger partial charge in [0.2, 0.25) is 0 Å². The first-order valence-corrected chi connectivity index (χ1v) is 9.22. The summed E-state index contributed by atoms with van der Waals surface area (Å²) in [7, 11) is 0. The third-order valence-electron chi connectivity index (χ3n) is 4.81. The molecule has 0 amide bonds. The van der Waals surface area contributed by atoms with Gasteiger partial charge in [0.05, 0.1) is 0 Å². The van der Waals surface area contributed by atoms with Gasteiger partial charge in [-0.1, -0.05) is 46.0 Å². The molecule has 1 fully saturated rings. The molecule has 1 rings (SSSR count). The van der Waals surface area contributed by atoms with Gasteiger partial charge >= 0.3 is 0 Å². The minimum atomic E-state index is 0.784. The van der Waals surface area contributed by atoms with E-state index in [2.05, 4.69) is 31.0 Å². The Balaban J connectivity index is 2.23. The molecule has 0 spiro atoms. The fourth-order valence-corrected chi connectivity index (χ4v) is 3.40. The van der Waals surface area contributed by atoms with Gasteiger partial charge in [0.1, 0.15) is 0 Å². The summed E-state index contributed by atoms with van der Waals surface area (Å²) < 4.78 is 0. The van der Waals surface area contributed by atoms with E-state index >= 15 is 0 Å². The summed E-state index contributed by atoms with van der Waals surface area (Å²) in [4.78, 5) is 2.77. The molecule has 1 heterocycles. The van der Waals surface area contributed by atoms with Gasteiger partial charge in [-0.2, -0.15) is 0 Å². The predicted molar refractivity (Wildman–Crippen MR) is 90.3 cm³/mol. The number of nitrogens with zero attached hydrogens (tertiary/aromatic N) is 1. The van der Waals surface area contributed by atoms with Crippen LogP contribution in [0.5, 0.6) is 0 Å². The van der Waals surface area contributed by atoms with Crippen LogP contribution in [0.1, 0.15) is 78.6 Å². The highest BCUT2D eigenvalue weighted by atomic mass is 15.1. The second-order valence-corrected chi connectivity index (χ2v) is 6.74. The highest BCUT2D eigenvalue weighted by Crippen LogP contribution is 2.18. The van der Waals surface area contributed by atoms with Crippen LogP contribution in [0.15, 0.2) is 0 Å². The van der Waals surface area contributed by atoms with Crippen molar-refractivity contribution in [2.24, 2.45) is 5.92 Å². The summed E-state index contributed by atoms with van der Waals surface area (Å²) in [6.07, 6.45) is 12.5. The molecule has 1 unspecified atom stereocenters. The Kier molecular flexibility index (Phi) is 10.4. The summed E-state index contributed by atoms with van der Waals surface area (Å²) in [5.74, 6) is 0.936. The molecule has 120 valence electrons. The van der Waals surface area contributed by atoms with Gasteiger partial charge < -0.3 is 10.2 Å². The van der Waals surface area contributed by atoms with E-state index in [1.165, 1.54) is 84.0 Å². The first-order valence-electron chi connectivity index (χ1n) is 9.22. The Bertz CT molecular complexity index is 211. The topological polar surface area (TPSA) is 15.3 Å². The van der Waals surface area contributed by atoms with E-state index in [1.54, 1.807) is 0 Å². The molecular formula is C18H38N2. The van der Waals surface area contributed by atoms with Crippen LogP contribution in [0.25, 0.3) is 0 Å². The first kappa shape index (κ1) is 18.0. The Labute approximate surface area is 127 Å². The number of piperidine rings is 1. The van der Waals surface area contributed by atoms with Gasteiger partial charge in [-0.05, 0) is 58.2 Å². The molecule has 1 saturated heterocycles. The second-order valence-electron chi connectivity index (χ2n) is 6.74. The Hall–Kier alpha value is -0.0800. The van der Waals surface area contributed by atoms with E-state index in [-0.39, 0.29) is 0 Å². The van der Waals surface area contributed by atoms with Crippen molar-refractivity contribution >= 4 is 0 Å². The van der Waals surface area contributed by atoms with Crippen LogP contribution in [0.2, 0.25) is 0 Å². The zero-order valence-electron chi connectivity index (χ0n) is 14.3. The fraction of sp³-hybridized carbons (Fsp3) is 1.00. The zero-order chi connectivity index (χ0) is 14.6. The van der Waals surface area contributed by atoms with Crippen LogP contribution in [0.3, 0.4) is 0 Å². The van der Waals surface area contributed by atoms with E-state index in [0.717, 1.165) is 12.0 Å². The Morgan fingerprint density at radius 2 is 1.70 bits per heavy atom. The second kappa shape index (κ2) is 11.6. The quantitative estimate of drug-likeness (QED) is 0.563. The fourth-order valence-electron chi connectivity index (χ4n) is 3.40. The number of rotatable bonds is 11. The highest BCUT2D eigenvalue weighted by Gasteiger charge is 2.19. The van der Waals surface area contributed by atoms with E-state index in [4.69, 9.17) is 0 Å². The molecule has 1 aliphatic heterocycles. The summed E-state index contributed by atoms with van der Waals surface area (Å²) in [6.45, 7) is 12.2. The van der Waals surface area contributed by atoms with E-state index < -0.39 is 0 Å². The molecule has 0 bridgehead atoms. The predicted octanol–water partition coefficient (Wildman–Crippen LogP) is 4.45. The lowest BCUT2D eigenvalue weighted by Crippen LogP contribution is -2.40. The molecular weight excluding hydrogens is 244 g/mol. The summed E-state index contributed by atoms with van der Waals surface area (Å²) >= 11 is 0. The van der Waals surface area contributed by atoms with Crippen molar-refractivity contribution in [1.82, 2.24) is 10.2 Å². The summed E-state index contributed by atoms with van der Waals surface area (Å²) in [5, 5.41) is 3.48. The number of hydrogen-bond acceptors (Lipinski definition) is 2. The average Bonchev–Trinajstić information content (AvgIpc) is 2.47. The number of hydrogen-bond donors (Lipinski definition) is 1. The summed E-state index contributed by atoms with van der Waals surface area (Å²) in [6, 6.07) is 0.784. The van der Waals surface area contributed by atoms with Crippen LogP contribution >= 0.6 is 0 Å². The van der Waals surface area contributed by atoms with E-state index in [0.29, 0.717) is 0 Å². The van der Waals surface area contributed by atoms with Gasteiger partial charge in [-0.3, -0.25) is 0 Å². The molecule has 0 aromatic rings. The van der Waals surface area contributed by atoms with Gasteiger partial charge in [0.15, 0.2) is 0 Å². The average molecular weight is 283 g/mol. The third kappa shape index (κ3) is 7.64. The maximum Gasteiger partial charge on any atom is 0.00670 e. The minimum absolute atomic E-state index is 0.784. The molecule has 0 aliphatic carbocycles. The molecule has 2 heteroatoms. The normalized spacial score (nSPS) is 18.6. The van der Waals surface area contributed by atoms with Crippen LogP contribution < -0.4 is 5.32 Å². The van der Waals surface area contributed by atoms with Crippen molar-refractivity contribution in [3.63, 3.8) is 0 Å². The molecule has 1 aliphatic rings. The van der Waals surface area contributed by atoms with Crippen LogP contribution in [0.4, 0.5) is 0 Å². The molecule has 1 N–H and O–H groups in total. The SMILES string of the molecule is CCCCCCCC(C)N(CCC)CC1CCNCC1. The lowest BCUT2D eigenvalue weighted by Gasteiger charge is -2.34. The zero-order valence-corrected chi connectivity index (χ0v) is 14.3. The Morgan fingerprint density at radius 1 is 1.00 bits per heavy atom. The van der Waals surface area contributed by atoms with Crippen molar-refractivity contribution in [2.75, 3.05) is 26.2 Å². The van der Waals surface area contributed by atoms with Crippen molar-refractivity contribution < 1.29 is 0 Å². The molecule has 0 aromatic carbocycles. The van der Waals surface area contributed by atoms with Crippen molar-refractivity contribution in [3.05, 3.63) is 0 Å². The van der Waals surface area contributed by atoms with Gasteiger partial charge in [0, 0.05) is 12.6 Å². The molecule has 0 saturated carbocycles. The molecule has 2 nitrogen and oxygen atoms in total.